The van der Waals surface area contributed by atoms with Crippen LogP contribution in [0.1, 0.15) is 16.1 Å². The molecule has 0 radical (unpaired) electrons. The Morgan fingerprint density at radius 2 is 1.88 bits per heavy atom. The molecule has 3 rings (SSSR count). The summed E-state index contributed by atoms with van der Waals surface area (Å²) in [5.41, 5.74) is 1.10. The van der Waals surface area contributed by atoms with Crippen LogP contribution in [0.3, 0.4) is 0 Å². The molecule has 0 aliphatic rings. The number of nitrogens with one attached hydrogen (secondary N) is 1. The largest absolute Gasteiger partial charge is 0.319 e. The van der Waals surface area contributed by atoms with Crippen molar-refractivity contribution in [3.05, 3.63) is 77.8 Å². The summed E-state index contributed by atoms with van der Waals surface area (Å²) in [5, 5.41) is 2.51. The number of hydrogen-bond donors (Lipinski definition) is 1. The molecule has 0 atom stereocenters. The summed E-state index contributed by atoms with van der Waals surface area (Å²) in [6, 6.07) is 10.3. The van der Waals surface area contributed by atoms with E-state index in [0.29, 0.717) is 11.3 Å². The van der Waals surface area contributed by atoms with Gasteiger partial charge in [0, 0.05) is 11.8 Å². The van der Waals surface area contributed by atoms with Crippen LogP contribution in [0.2, 0.25) is 0 Å². The van der Waals surface area contributed by atoms with E-state index in [0.717, 1.165) is 6.07 Å². The average Bonchev–Trinajstić information content (AvgIpc) is 2.57. The third-order valence-electron chi connectivity index (χ3n) is 3.46. The molecule has 4 nitrogen and oxygen atoms in total. The lowest BCUT2D eigenvalue weighted by Crippen LogP contribution is -2.16. The second-order valence-electron chi connectivity index (χ2n) is 5.15. The van der Waals surface area contributed by atoms with Crippen LogP contribution in [0.25, 0.3) is 11.3 Å². The summed E-state index contributed by atoms with van der Waals surface area (Å²) in [6.45, 7) is 1.72. The fourth-order valence-electron chi connectivity index (χ4n) is 2.32. The number of aromatic nitrogens is 2. The van der Waals surface area contributed by atoms with Gasteiger partial charge in [-0.2, -0.15) is 0 Å². The van der Waals surface area contributed by atoms with E-state index in [2.05, 4.69) is 15.3 Å². The van der Waals surface area contributed by atoms with Gasteiger partial charge in [-0.05, 0) is 42.8 Å². The van der Waals surface area contributed by atoms with Gasteiger partial charge < -0.3 is 5.32 Å². The highest BCUT2D eigenvalue weighted by Gasteiger charge is 2.17. The normalized spacial score (nSPS) is 10.5. The van der Waals surface area contributed by atoms with Crippen LogP contribution in [0.5, 0.6) is 0 Å². The Kier molecular flexibility index (Phi) is 4.29. The lowest BCUT2D eigenvalue weighted by atomic mass is 10.0. The van der Waals surface area contributed by atoms with Crippen LogP contribution >= 0.6 is 0 Å². The van der Waals surface area contributed by atoms with Crippen LogP contribution in [0.15, 0.2) is 54.9 Å². The summed E-state index contributed by atoms with van der Waals surface area (Å²) in [4.78, 5) is 20.1. The number of hydrogen-bond acceptors (Lipinski definition) is 3. The number of aryl methyl sites for hydroxylation is 1. The molecule has 2 heterocycles. The van der Waals surface area contributed by atoms with Crippen molar-refractivity contribution in [1.82, 2.24) is 9.97 Å². The average molecular weight is 325 g/mol. The number of rotatable bonds is 3. The van der Waals surface area contributed by atoms with Gasteiger partial charge in [0.1, 0.15) is 5.82 Å². The number of carbonyl (C=O) groups excluding carboxylic acids is 1. The Morgan fingerprint density at radius 1 is 1.04 bits per heavy atom. The Bertz CT molecular complexity index is 878. The van der Waals surface area contributed by atoms with E-state index in [1.54, 1.807) is 37.4 Å². The molecule has 6 heteroatoms. The first kappa shape index (κ1) is 15.7. The molecule has 0 bridgehead atoms. The van der Waals surface area contributed by atoms with Gasteiger partial charge in [-0.25, -0.2) is 13.8 Å². The van der Waals surface area contributed by atoms with E-state index in [4.69, 9.17) is 0 Å². The summed E-state index contributed by atoms with van der Waals surface area (Å²) >= 11 is 0. The van der Waals surface area contributed by atoms with Crippen molar-refractivity contribution in [3.8, 4) is 11.3 Å². The van der Waals surface area contributed by atoms with Gasteiger partial charge in [-0.15, -0.1) is 0 Å². The third kappa shape index (κ3) is 3.12. The lowest BCUT2D eigenvalue weighted by molar-refractivity contribution is 0.101. The van der Waals surface area contributed by atoms with Crippen molar-refractivity contribution >= 4 is 11.6 Å². The number of benzene rings is 1. The van der Waals surface area contributed by atoms with Crippen molar-refractivity contribution in [1.29, 1.82) is 0 Å². The number of anilines is 1. The maximum absolute atomic E-state index is 14.1. The zero-order chi connectivity index (χ0) is 17.1. The highest BCUT2D eigenvalue weighted by Crippen LogP contribution is 2.25. The van der Waals surface area contributed by atoms with Gasteiger partial charge in [0.25, 0.3) is 5.91 Å². The second-order valence-corrected chi connectivity index (χ2v) is 5.15. The molecule has 1 amide bonds. The number of nitrogens with zero attached hydrogens (tertiary/aromatic N) is 2. The second kappa shape index (κ2) is 6.54. The maximum atomic E-state index is 14.1. The highest BCUT2D eigenvalue weighted by atomic mass is 19.1. The first-order chi connectivity index (χ1) is 11.6. The quantitative estimate of drug-likeness (QED) is 0.792. The fraction of sp³-hybridized carbons (Fsp3) is 0.0556. The Hall–Kier alpha value is -3.15. The maximum Gasteiger partial charge on any atom is 0.277 e. The van der Waals surface area contributed by atoms with Crippen LogP contribution in [0.4, 0.5) is 14.5 Å². The summed E-state index contributed by atoms with van der Waals surface area (Å²) < 4.78 is 28.1. The molecular formula is C18H13F2N3O. The zero-order valence-electron chi connectivity index (χ0n) is 12.8. The number of halogens is 2. The molecule has 24 heavy (non-hydrogen) atoms. The predicted molar refractivity (Wildman–Crippen MR) is 86.5 cm³/mol. The molecule has 1 aromatic carbocycles. The number of amides is 1. The zero-order valence-corrected chi connectivity index (χ0v) is 12.8. The van der Waals surface area contributed by atoms with E-state index < -0.39 is 23.2 Å². The lowest BCUT2D eigenvalue weighted by Gasteiger charge is -2.10. The Balaban J connectivity index is 1.99. The van der Waals surface area contributed by atoms with E-state index in [1.807, 2.05) is 0 Å². The Labute approximate surface area is 137 Å². The monoisotopic (exact) mass is 325 g/mol. The minimum Gasteiger partial charge on any atom is -0.319 e. The Morgan fingerprint density at radius 3 is 2.58 bits per heavy atom. The molecule has 0 spiro atoms. The van der Waals surface area contributed by atoms with Crippen LogP contribution < -0.4 is 5.32 Å². The molecule has 1 N–H and O–H groups in total. The van der Waals surface area contributed by atoms with Gasteiger partial charge in [-0.3, -0.25) is 9.78 Å². The van der Waals surface area contributed by atoms with Gasteiger partial charge >= 0.3 is 0 Å². The molecule has 3 aromatic rings. The smallest absolute Gasteiger partial charge is 0.277 e. The van der Waals surface area contributed by atoms with E-state index in [-0.39, 0.29) is 11.3 Å². The van der Waals surface area contributed by atoms with Gasteiger partial charge in [0.15, 0.2) is 11.5 Å². The summed E-state index contributed by atoms with van der Waals surface area (Å²) in [5.74, 6) is -1.99. The van der Waals surface area contributed by atoms with E-state index in [1.165, 1.54) is 18.3 Å². The van der Waals surface area contributed by atoms with Crippen molar-refractivity contribution in [2.45, 2.75) is 6.92 Å². The van der Waals surface area contributed by atoms with E-state index >= 15 is 0 Å². The number of pyridine rings is 2. The van der Waals surface area contributed by atoms with Crippen molar-refractivity contribution in [2.24, 2.45) is 0 Å². The minimum absolute atomic E-state index is 0.198. The molecular weight excluding hydrogens is 312 g/mol. The SMILES string of the molecule is Cc1cccc(F)c1-c1ccc(F)c(C(=O)Nc2cccnc2)n1. The molecule has 0 aliphatic carbocycles. The molecule has 0 fully saturated rings. The number of carbonyl (C=O) groups is 1. The van der Waals surface area contributed by atoms with Crippen LogP contribution in [0, 0.1) is 18.6 Å². The fourth-order valence-corrected chi connectivity index (χ4v) is 2.32. The third-order valence-corrected chi connectivity index (χ3v) is 3.46. The van der Waals surface area contributed by atoms with Crippen molar-refractivity contribution in [2.75, 3.05) is 5.32 Å². The van der Waals surface area contributed by atoms with Crippen molar-refractivity contribution in [3.63, 3.8) is 0 Å². The first-order valence-electron chi connectivity index (χ1n) is 7.19. The molecule has 0 unspecified atom stereocenters. The topological polar surface area (TPSA) is 54.9 Å². The molecule has 120 valence electrons. The molecule has 0 saturated carbocycles. The van der Waals surface area contributed by atoms with Gasteiger partial charge in [-0.1, -0.05) is 12.1 Å². The van der Waals surface area contributed by atoms with Crippen LogP contribution in [-0.2, 0) is 0 Å². The van der Waals surface area contributed by atoms with Gasteiger partial charge in [0.05, 0.1) is 17.6 Å². The summed E-state index contributed by atoms with van der Waals surface area (Å²) in [6.07, 6.45) is 2.98. The molecule has 2 aromatic heterocycles. The predicted octanol–water partition coefficient (Wildman–Crippen LogP) is 3.98. The van der Waals surface area contributed by atoms with Crippen LogP contribution in [-0.4, -0.2) is 15.9 Å². The van der Waals surface area contributed by atoms with Gasteiger partial charge in [0.2, 0.25) is 0 Å². The molecule has 0 aliphatic heterocycles. The molecule has 0 saturated heterocycles. The standard InChI is InChI=1S/C18H13F2N3O/c1-11-4-2-6-13(19)16(11)15-8-7-14(20)17(23-15)18(24)22-12-5-3-9-21-10-12/h2-10H,1H3,(H,22,24). The minimum atomic E-state index is -0.783. The van der Waals surface area contributed by atoms with E-state index in [9.17, 15) is 13.6 Å². The first-order valence-corrected chi connectivity index (χ1v) is 7.19. The van der Waals surface area contributed by atoms with Crippen molar-refractivity contribution < 1.29 is 13.6 Å². The highest BCUT2D eigenvalue weighted by molar-refractivity contribution is 6.03. The summed E-state index contributed by atoms with van der Waals surface area (Å²) in [7, 11) is 0.